The Morgan fingerprint density at radius 3 is 1.58 bits per heavy atom. The lowest BCUT2D eigenvalue weighted by Crippen LogP contribution is -2.25. The van der Waals surface area contributed by atoms with Gasteiger partial charge in [0.15, 0.2) is 0 Å². The number of aromatic amines is 1. The summed E-state index contributed by atoms with van der Waals surface area (Å²) < 4.78 is 0. The van der Waals surface area contributed by atoms with Crippen LogP contribution >= 0.6 is 0 Å². The number of benzene rings is 6. The molecule has 1 N–H and O–H groups in total. The van der Waals surface area contributed by atoms with E-state index in [9.17, 15) is 0 Å². The molecular weight excluding hydrogens is 458 g/mol. The summed E-state index contributed by atoms with van der Waals surface area (Å²) in [6, 6.07) is 49.5. The molecule has 0 fully saturated rings. The zero-order valence-electron chi connectivity index (χ0n) is 20.7. The number of nitrogens with one attached hydrogen (secondary N) is 1. The highest BCUT2D eigenvalue weighted by Crippen LogP contribution is 2.62. The van der Waals surface area contributed by atoms with Crippen LogP contribution in [0.3, 0.4) is 0 Å². The van der Waals surface area contributed by atoms with Gasteiger partial charge in [-0.15, -0.1) is 0 Å². The van der Waals surface area contributed by atoms with Gasteiger partial charge in [0, 0.05) is 21.8 Å². The second kappa shape index (κ2) is 7.12. The molecule has 1 spiro atoms. The fourth-order valence-electron chi connectivity index (χ4n) is 7.31. The quantitative estimate of drug-likeness (QED) is 0.240. The van der Waals surface area contributed by atoms with Gasteiger partial charge in [0.2, 0.25) is 0 Å². The van der Waals surface area contributed by atoms with Crippen molar-refractivity contribution in [1.29, 1.82) is 0 Å². The van der Waals surface area contributed by atoms with Gasteiger partial charge in [-0.1, -0.05) is 109 Å². The van der Waals surface area contributed by atoms with Gasteiger partial charge in [0.1, 0.15) is 0 Å². The standard InChI is InChI=1S/C37H23N/c1-5-13-31-25(9-1)26-10-2-6-14-32(26)37(31)33-15-7-3-11-27(33)29-21-23(17-19-34(29)37)24-18-20-36-30(22-24)28-12-4-8-16-35(28)38-36/h1-22,38H. The van der Waals surface area contributed by atoms with Crippen molar-refractivity contribution >= 4 is 21.8 Å². The zero-order chi connectivity index (χ0) is 24.8. The summed E-state index contributed by atoms with van der Waals surface area (Å²) in [7, 11) is 0. The Kier molecular flexibility index (Phi) is 3.78. The first kappa shape index (κ1) is 20.2. The molecule has 0 saturated heterocycles. The van der Waals surface area contributed by atoms with E-state index in [1.807, 2.05) is 0 Å². The molecule has 0 atom stereocenters. The predicted octanol–water partition coefficient (Wildman–Crippen LogP) is 9.33. The summed E-state index contributed by atoms with van der Waals surface area (Å²) >= 11 is 0. The van der Waals surface area contributed by atoms with Crippen LogP contribution in [0.1, 0.15) is 22.3 Å². The van der Waals surface area contributed by atoms with E-state index in [1.165, 1.54) is 77.4 Å². The zero-order valence-corrected chi connectivity index (χ0v) is 20.7. The lowest BCUT2D eigenvalue weighted by atomic mass is 9.70. The first-order chi connectivity index (χ1) is 18.8. The third-order valence-electron chi connectivity index (χ3n) is 8.84. The Labute approximate surface area is 221 Å². The van der Waals surface area contributed by atoms with Gasteiger partial charge in [-0.3, -0.25) is 0 Å². The SMILES string of the molecule is c1ccc2c(c1)-c1ccccc1C21c2ccccc2-c2cc(-c3ccc4[nH]c5ccccc5c4c3)ccc21. The molecule has 0 aliphatic heterocycles. The maximum Gasteiger partial charge on any atom is 0.0725 e. The molecule has 6 aromatic carbocycles. The van der Waals surface area contributed by atoms with Crippen LogP contribution in [-0.4, -0.2) is 4.98 Å². The highest BCUT2D eigenvalue weighted by Gasteiger charge is 2.51. The molecule has 0 bridgehead atoms. The summed E-state index contributed by atoms with van der Waals surface area (Å²) in [5.41, 5.74) is 15.5. The van der Waals surface area contributed by atoms with Crippen molar-refractivity contribution in [3.8, 4) is 33.4 Å². The number of fused-ring (bicyclic) bond motifs is 13. The van der Waals surface area contributed by atoms with Gasteiger partial charge in [-0.2, -0.15) is 0 Å². The average molecular weight is 482 g/mol. The number of hydrogen-bond acceptors (Lipinski definition) is 0. The largest absolute Gasteiger partial charge is 0.355 e. The predicted molar refractivity (Wildman–Crippen MR) is 158 cm³/mol. The Balaban J connectivity index is 1.32. The molecule has 1 aromatic heterocycles. The van der Waals surface area contributed by atoms with Crippen molar-refractivity contribution in [3.05, 3.63) is 156 Å². The second-order valence-corrected chi connectivity index (χ2v) is 10.6. The molecule has 176 valence electrons. The molecule has 0 saturated carbocycles. The fraction of sp³-hybridized carbons (Fsp3) is 0.0270. The second-order valence-electron chi connectivity index (χ2n) is 10.6. The van der Waals surface area contributed by atoms with Crippen molar-refractivity contribution in [2.24, 2.45) is 0 Å². The van der Waals surface area contributed by atoms with Gasteiger partial charge >= 0.3 is 0 Å². The van der Waals surface area contributed by atoms with E-state index in [4.69, 9.17) is 0 Å². The van der Waals surface area contributed by atoms with Crippen molar-refractivity contribution in [3.63, 3.8) is 0 Å². The Bertz CT molecular complexity index is 2050. The first-order valence-corrected chi connectivity index (χ1v) is 13.3. The van der Waals surface area contributed by atoms with Gasteiger partial charge in [-0.05, 0) is 79.9 Å². The maximum absolute atomic E-state index is 3.56. The van der Waals surface area contributed by atoms with Gasteiger partial charge in [-0.25, -0.2) is 0 Å². The smallest absolute Gasteiger partial charge is 0.0725 e. The summed E-state index contributed by atoms with van der Waals surface area (Å²) in [5.74, 6) is 0. The van der Waals surface area contributed by atoms with E-state index in [1.54, 1.807) is 0 Å². The van der Waals surface area contributed by atoms with E-state index in [2.05, 4.69) is 138 Å². The molecule has 0 unspecified atom stereocenters. The van der Waals surface area contributed by atoms with Crippen molar-refractivity contribution in [2.45, 2.75) is 5.41 Å². The molecule has 38 heavy (non-hydrogen) atoms. The minimum absolute atomic E-state index is 0.279. The summed E-state index contributed by atoms with van der Waals surface area (Å²) in [4.78, 5) is 3.56. The highest BCUT2D eigenvalue weighted by molar-refractivity contribution is 6.08. The van der Waals surface area contributed by atoms with Crippen LogP contribution in [0.4, 0.5) is 0 Å². The van der Waals surface area contributed by atoms with Crippen LogP contribution in [0.15, 0.2) is 133 Å². The summed E-state index contributed by atoms with van der Waals surface area (Å²) in [6.45, 7) is 0. The van der Waals surface area contributed by atoms with Crippen molar-refractivity contribution < 1.29 is 0 Å². The molecule has 1 heteroatoms. The van der Waals surface area contributed by atoms with Crippen LogP contribution in [-0.2, 0) is 5.41 Å². The summed E-state index contributed by atoms with van der Waals surface area (Å²) in [5, 5.41) is 2.54. The number of hydrogen-bond donors (Lipinski definition) is 1. The third kappa shape index (κ3) is 2.37. The van der Waals surface area contributed by atoms with Gasteiger partial charge in [0.05, 0.1) is 5.41 Å². The molecule has 2 aliphatic carbocycles. The molecule has 9 rings (SSSR count). The van der Waals surface area contributed by atoms with Crippen LogP contribution < -0.4 is 0 Å². The Hall–Kier alpha value is -4.88. The molecule has 1 heterocycles. The number of H-pyrrole nitrogens is 1. The Morgan fingerprint density at radius 1 is 0.368 bits per heavy atom. The maximum atomic E-state index is 3.56. The Morgan fingerprint density at radius 2 is 0.868 bits per heavy atom. The first-order valence-electron chi connectivity index (χ1n) is 13.3. The lowest BCUT2D eigenvalue weighted by molar-refractivity contribution is 0.794. The monoisotopic (exact) mass is 481 g/mol. The minimum Gasteiger partial charge on any atom is -0.355 e. The van der Waals surface area contributed by atoms with Crippen molar-refractivity contribution in [2.75, 3.05) is 0 Å². The van der Waals surface area contributed by atoms with Crippen LogP contribution in [0.2, 0.25) is 0 Å². The van der Waals surface area contributed by atoms with Crippen LogP contribution in [0.25, 0.3) is 55.2 Å². The topological polar surface area (TPSA) is 15.8 Å². The van der Waals surface area contributed by atoms with Crippen LogP contribution in [0, 0.1) is 0 Å². The lowest BCUT2D eigenvalue weighted by Gasteiger charge is -2.30. The average Bonchev–Trinajstić information content (AvgIpc) is 3.60. The molecule has 2 aliphatic rings. The van der Waals surface area contributed by atoms with E-state index in [-0.39, 0.29) is 5.41 Å². The summed E-state index contributed by atoms with van der Waals surface area (Å²) in [6.07, 6.45) is 0. The van der Waals surface area contributed by atoms with E-state index < -0.39 is 0 Å². The molecule has 0 amide bonds. The van der Waals surface area contributed by atoms with Gasteiger partial charge in [0.25, 0.3) is 0 Å². The normalized spacial score (nSPS) is 14.0. The molecule has 7 aromatic rings. The van der Waals surface area contributed by atoms with Crippen LogP contribution in [0.5, 0.6) is 0 Å². The van der Waals surface area contributed by atoms with E-state index in [0.29, 0.717) is 0 Å². The van der Waals surface area contributed by atoms with E-state index in [0.717, 1.165) is 0 Å². The number of rotatable bonds is 1. The highest BCUT2D eigenvalue weighted by atomic mass is 14.7. The molecule has 0 radical (unpaired) electrons. The molecular formula is C37H23N. The third-order valence-corrected chi connectivity index (χ3v) is 8.84. The van der Waals surface area contributed by atoms with Crippen molar-refractivity contribution in [1.82, 2.24) is 4.98 Å². The number of para-hydroxylation sites is 1. The van der Waals surface area contributed by atoms with Gasteiger partial charge < -0.3 is 4.98 Å². The number of aromatic nitrogens is 1. The minimum atomic E-state index is -0.279. The fourth-order valence-corrected chi connectivity index (χ4v) is 7.31. The van der Waals surface area contributed by atoms with E-state index >= 15 is 0 Å². The molecule has 1 nitrogen and oxygen atoms in total.